The van der Waals surface area contributed by atoms with Crippen molar-refractivity contribution in [1.82, 2.24) is 9.55 Å². The Morgan fingerprint density at radius 1 is 1.25 bits per heavy atom. The Labute approximate surface area is 113 Å². The van der Waals surface area contributed by atoms with Crippen LogP contribution in [0.3, 0.4) is 0 Å². The molecule has 1 aromatic carbocycles. The number of fused-ring (bicyclic) bond motifs is 1. The molecule has 0 aliphatic rings. The van der Waals surface area contributed by atoms with Crippen LogP contribution in [-0.4, -0.2) is 14.7 Å². The zero-order valence-corrected chi connectivity index (χ0v) is 10.7. The number of rotatable bonds is 1. The summed E-state index contributed by atoms with van der Waals surface area (Å²) in [5.74, 6) is -1.14. The van der Waals surface area contributed by atoms with Gasteiger partial charge in [-0.1, -0.05) is 0 Å². The molecule has 0 aliphatic heterocycles. The fourth-order valence-corrected chi connectivity index (χ4v) is 2.17. The summed E-state index contributed by atoms with van der Waals surface area (Å²) in [5.41, 5.74) is 1.41. The van der Waals surface area contributed by atoms with Crippen LogP contribution in [0.5, 0.6) is 5.75 Å². The maximum atomic E-state index is 13.5. The Morgan fingerprint density at radius 3 is 2.80 bits per heavy atom. The topological polar surface area (TPSA) is 55.1 Å². The molecular weight excluding hydrogens is 259 g/mol. The van der Waals surface area contributed by atoms with E-state index < -0.39 is 11.6 Å². The molecule has 0 saturated heterocycles. The Balaban J connectivity index is 2.33. The minimum absolute atomic E-state index is 0.195. The molecule has 0 amide bonds. The molecule has 1 N–H and O–H groups in total. The van der Waals surface area contributed by atoms with Gasteiger partial charge in [-0.15, -0.1) is 0 Å². The number of aromatic nitrogens is 2. The first-order valence-corrected chi connectivity index (χ1v) is 6.01. The van der Waals surface area contributed by atoms with Gasteiger partial charge in [0.25, 0.3) is 5.56 Å². The van der Waals surface area contributed by atoms with Gasteiger partial charge in [0.05, 0.1) is 16.6 Å². The van der Waals surface area contributed by atoms with E-state index in [4.69, 9.17) is 0 Å². The van der Waals surface area contributed by atoms with Gasteiger partial charge in [-0.25, -0.2) is 4.39 Å². The first-order chi connectivity index (χ1) is 9.58. The average Bonchev–Trinajstić information content (AvgIpc) is 2.46. The number of phenolic OH excluding ortho intramolecular Hbond substituents is 1. The Bertz CT molecular complexity index is 871. The van der Waals surface area contributed by atoms with Crippen LogP contribution in [0.2, 0.25) is 0 Å². The highest BCUT2D eigenvalue weighted by Gasteiger charge is 2.10. The SMILES string of the molecule is Cn1c(-c2ccc(O)c(F)c2)cc2ncccc2c1=O. The molecule has 2 heterocycles. The van der Waals surface area contributed by atoms with Crippen molar-refractivity contribution < 1.29 is 9.50 Å². The van der Waals surface area contributed by atoms with Gasteiger partial charge in [0.2, 0.25) is 0 Å². The molecule has 0 aliphatic carbocycles. The lowest BCUT2D eigenvalue weighted by Gasteiger charge is -2.10. The maximum Gasteiger partial charge on any atom is 0.260 e. The van der Waals surface area contributed by atoms with E-state index in [-0.39, 0.29) is 5.56 Å². The van der Waals surface area contributed by atoms with Crippen molar-refractivity contribution in [2.45, 2.75) is 0 Å². The van der Waals surface area contributed by atoms with Gasteiger partial charge >= 0.3 is 0 Å². The third-order valence-corrected chi connectivity index (χ3v) is 3.25. The molecular formula is C15H11FN2O2. The number of aromatic hydroxyl groups is 1. The van der Waals surface area contributed by atoms with Crippen molar-refractivity contribution in [1.29, 1.82) is 0 Å². The second kappa shape index (κ2) is 4.45. The summed E-state index contributed by atoms with van der Waals surface area (Å²) < 4.78 is 14.9. The predicted octanol–water partition coefficient (Wildman–Crippen LogP) is 2.45. The molecule has 5 heteroatoms. The highest BCUT2D eigenvalue weighted by atomic mass is 19.1. The van der Waals surface area contributed by atoms with Gasteiger partial charge in [0, 0.05) is 18.8 Å². The number of hydrogen-bond donors (Lipinski definition) is 1. The molecule has 100 valence electrons. The standard InChI is InChI=1S/C15H11FN2O2/c1-18-13(9-4-5-14(19)11(16)7-9)8-12-10(15(18)20)3-2-6-17-12/h2-8,19H,1H3. The van der Waals surface area contributed by atoms with E-state index in [2.05, 4.69) is 4.98 Å². The Kier molecular flexibility index (Phi) is 2.75. The molecule has 2 aromatic heterocycles. The van der Waals surface area contributed by atoms with Crippen LogP contribution < -0.4 is 5.56 Å². The van der Waals surface area contributed by atoms with Gasteiger partial charge in [-0.3, -0.25) is 9.78 Å². The Morgan fingerprint density at radius 2 is 2.05 bits per heavy atom. The smallest absolute Gasteiger partial charge is 0.260 e. The van der Waals surface area contributed by atoms with E-state index in [1.165, 1.54) is 16.7 Å². The predicted molar refractivity (Wildman–Crippen MR) is 74.0 cm³/mol. The average molecular weight is 270 g/mol. The lowest BCUT2D eigenvalue weighted by Crippen LogP contribution is -2.18. The van der Waals surface area contributed by atoms with Crippen molar-refractivity contribution in [3.63, 3.8) is 0 Å². The quantitative estimate of drug-likeness (QED) is 0.739. The summed E-state index contributed by atoms with van der Waals surface area (Å²) in [6.07, 6.45) is 1.60. The first kappa shape index (κ1) is 12.3. The number of pyridine rings is 2. The van der Waals surface area contributed by atoms with E-state index in [9.17, 15) is 14.3 Å². The summed E-state index contributed by atoms with van der Waals surface area (Å²) in [6.45, 7) is 0. The maximum absolute atomic E-state index is 13.5. The third-order valence-electron chi connectivity index (χ3n) is 3.25. The third kappa shape index (κ3) is 1.84. The second-order valence-corrected chi connectivity index (χ2v) is 4.50. The number of benzene rings is 1. The molecule has 4 nitrogen and oxygen atoms in total. The van der Waals surface area contributed by atoms with Crippen LogP contribution in [0.4, 0.5) is 4.39 Å². The molecule has 3 rings (SSSR count). The largest absolute Gasteiger partial charge is 0.505 e. The van der Waals surface area contributed by atoms with Crippen LogP contribution in [0.15, 0.2) is 47.4 Å². The molecule has 3 aromatic rings. The van der Waals surface area contributed by atoms with Crippen LogP contribution >= 0.6 is 0 Å². The summed E-state index contributed by atoms with van der Waals surface area (Å²) in [4.78, 5) is 16.4. The molecule has 0 unspecified atom stereocenters. The van der Waals surface area contributed by atoms with E-state index in [0.29, 0.717) is 22.2 Å². The zero-order chi connectivity index (χ0) is 14.3. The first-order valence-electron chi connectivity index (χ1n) is 6.01. The van der Waals surface area contributed by atoms with Crippen molar-refractivity contribution in [2.24, 2.45) is 7.05 Å². The summed E-state index contributed by atoms with van der Waals surface area (Å²) >= 11 is 0. The van der Waals surface area contributed by atoms with Crippen LogP contribution in [0, 0.1) is 5.82 Å². The Hall–Kier alpha value is -2.69. The lowest BCUT2D eigenvalue weighted by atomic mass is 10.1. The van der Waals surface area contributed by atoms with Crippen LogP contribution in [-0.2, 0) is 7.05 Å². The van der Waals surface area contributed by atoms with Gasteiger partial charge in [0.15, 0.2) is 11.6 Å². The van der Waals surface area contributed by atoms with Crippen molar-refractivity contribution in [3.8, 4) is 17.0 Å². The highest BCUT2D eigenvalue weighted by Crippen LogP contribution is 2.25. The summed E-state index contributed by atoms with van der Waals surface area (Å²) in [7, 11) is 1.62. The second-order valence-electron chi connectivity index (χ2n) is 4.50. The van der Waals surface area contributed by atoms with Crippen LogP contribution in [0.25, 0.3) is 22.2 Å². The van der Waals surface area contributed by atoms with Gasteiger partial charge in [0.1, 0.15) is 0 Å². The normalized spacial score (nSPS) is 10.9. The molecule has 0 radical (unpaired) electrons. The fraction of sp³-hybridized carbons (Fsp3) is 0.0667. The van der Waals surface area contributed by atoms with E-state index in [1.807, 2.05) is 0 Å². The van der Waals surface area contributed by atoms with E-state index >= 15 is 0 Å². The number of halogens is 1. The lowest BCUT2D eigenvalue weighted by molar-refractivity contribution is 0.432. The summed E-state index contributed by atoms with van der Waals surface area (Å²) in [6, 6.07) is 9.14. The van der Waals surface area contributed by atoms with E-state index in [1.54, 1.807) is 37.5 Å². The van der Waals surface area contributed by atoms with Gasteiger partial charge in [-0.05, 0) is 36.4 Å². The van der Waals surface area contributed by atoms with Gasteiger partial charge in [-0.2, -0.15) is 0 Å². The minimum atomic E-state index is -0.726. The van der Waals surface area contributed by atoms with Crippen molar-refractivity contribution >= 4 is 10.9 Å². The summed E-state index contributed by atoms with van der Waals surface area (Å²) in [5, 5.41) is 9.74. The van der Waals surface area contributed by atoms with E-state index in [0.717, 1.165) is 0 Å². The fourth-order valence-electron chi connectivity index (χ4n) is 2.17. The number of nitrogens with zero attached hydrogens (tertiary/aromatic N) is 2. The zero-order valence-electron chi connectivity index (χ0n) is 10.7. The van der Waals surface area contributed by atoms with Crippen molar-refractivity contribution in [2.75, 3.05) is 0 Å². The number of hydrogen-bond acceptors (Lipinski definition) is 3. The van der Waals surface area contributed by atoms with Gasteiger partial charge < -0.3 is 9.67 Å². The molecule has 20 heavy (non-hydrogen) atoms. The number of phenols is 1. The monoisotopic (exact) mass is 270 g/mol. The highest BCUT2D eigenvalue weighted by molar-refractivity contribution is 5.81. The molecule has 0 saturated carbocycles. The van der Waals surface area contributed by atoms with Crippen LogP contribution in [0.1, 0.15) is 0 Å². The van der Waals surface area contributed by atoms with Crippen molar-refractivity contribution in [3.05, 3.63) is 58.8 Å². The molecule has 0 bridgehead atoms. The molecule has 0 spiro atoms. The molecule has 0 atom stereocenters. The molecule has 0 fully saturated rings. The minimum Gasteiger partial charge on any atom is -0.505 e.